The third kappa shape index (κ3) is 9.56. The number of likely N-dealkylation sites (N-methyl/N-ethyl adjacent to an activating group) is 1. The average molecular weight is 528 g/mol. The van der Waals surface area contributed by atoms with Crippen molar-refractivity contribution < 1.29 is 33.8 Å². The van der Waals surface area contributed by atoms with Gasteiger partial charge in [-0.05, 0) is 24.2 Å². The molecule has 0 aromatic rings. The number of ether oxygens (including phenoxy) is 2. The SMILES string of the molecule is CCC(C)C(C(CC(=O)N1CCCC1C(OC)C(C)C(=O)NCC(=O)O)OC)N(C)C(=O)CC(C)(C)C. The fourth-order valence-corrected chi connectivity index (χ4v) is 5.23. The first-order chi connectivity index (χ1) is 17.2. The molecule has 0 aromatic carbocycles. The van der Waals surface area contributed by atoms with Gasteiger partial charge in [-0.3, -0.25) is 19.2 Å². The highest BCUT2D eigenvalue weighted by Gasteiger charge is 2.42. The molecule has 1 fully saturated rings. The second kappa shape index (κ2) is 14.7. The predicted molar refractivity (Wildman–Crippen MR) is 141 cm³/mol. The molecule has 37 heavy (non-hydrogen) atoms. The maximum Gasteiger partial charge on any atom is 0.322 e. The van der Waals surface area contributed by atoms with Gasteiger partial charge in [0.25, 0.3) is 0 Å². The van der Waals surface area contributed by atoms with E-state index in [9.17, 15) is 19.2 Å². The number of likely N-dealkylation sites (tertiary alicyclic amines) is 1. The maximum atomic E-state index is 13.6. The van der Waals surface area contributed by atoms with Gasteiger partial charge in [-0.25, -0.2) is 0 Å². The highest BCUT2D eigenvalue weighted by atomic mass is 16.5. The predicted octanol–water partition coefficient (Wildman–Crippen LogP) is 2.54. The van der Waals surface area contributed by atoms with Crippen LogP contribution in [0.3, 0.4) is 0 Å². The van der Waals surface area contributed by atoms with Gasteiger partial charge >= 0.3 is 5.97 Å². The van der Waals surface area contributed by atoms with Crippen molar-refractivity contribution in [3.8, 4) is 0 Å². The fourth-order valence-electron chi connectivity index (χ4n) is 5.23. The maximum absolute atomic E-state index is 13.6. The Morgan fingerprint density at radius 3 is 2.24 bits per heavy atom. The fraction of sp³-hybridized carbons (Fsp3) is 0.852. The van der Waals surface area contributed by atoms with Gasteiger partial charge in [-0.1, -0.05) is 48.0 Å². The Labute approximate surface area is 222 Å². The molecule has 1 heterocycles. The molecule has 3 amide bonds. The number of nitrogens with zero attached hydrogens (tertiary/aromatic N) is 2. The van der Waals surface area contributed by atoms with E-state index >= 15 is 0 Å². The highest BCUT2D eigenvalue weighted by molar-refractivity contribution is 5.83. The van der Waals surface area contributed by atoms with Crippen LogP contribution in [0.15, 0.2) is 0 Å². The molecule has 0 spiro atoms. The van der Waals surface area contributed by atoms with Crippen molar-refractivity contribution >= 4 is 23.7 Å². The lowest BCUT2D eigenvalue weighted by Crippen LogP contribution is -2.53. The van der Waals surface area contributed by atoms with Gasteiger partial charge in [-0.2, -0.15) is 0 Å². The van der Waals surface area contributed by atoms with E-state index in [2.05, 4.69) is 19.2 Å². The van der Waals surface area contributed by atoms with Crippen LogP contribution in [0.1, 0.15) is 73.6 Å². The zero-order valence-electron chi connectivity index (χ0n) is 24.2. The normalized spacial score (nSPS) is 20.0. The molecule has 10 heteroatoms. The van der Waals surface area contributed by atoms with Gasteiger partial charge in [0.15, 0.2) is 0 Å². The minimum absolute atomic E-state index is 0.0204. The zero-order valence-corrected chi connectivity index (χ0v) is 24.2. The Morgan fingerprint density at radius 2 is 1.76 bits per heavy atom. The van der Waals surface area contributed by atoms with Crippen molar-refractivity contribution in [1.29, 1.82) is 0 Å². The molecule has 6 unspecified atom stereocenters. The lowest BCUT2D eigenvalue weighted by atomic mass is 9.88. The van der Waals surface area contributed by atoms with E-state index in [4.69, 9.17) is 14.6 Å². The van der Waals surface area contributed by atoms with Gasteiger partial charge in [0.1, 0.15) is 6.54 Å². The van der Waals surface area contributed by atoms with Crippen LogP contribution < -0.4 is 5.32 Å². The van der Waals surface area contributed by atoms with Crippen LogP contribution in [0.4, 0.5) is 0 Å². The van der Waals surface area contributed by atoms with Crippen molar-refractivity contribution in [3.63, 3.8) is 0 Å². The Hall–Kier alpha value is -2.20. The number of carboxylic acids is 1. The Balaban J connectivity index is 3.07. The zero-order chi connectivity index (χ0) is 28.5. The number of carboxylic acid groups (broad SMARTS) is 1. The minimum atomic E-state index is -1.13. The van der Waals surface area contributed by atoms with E-state index in [0.29, 0.717) is 19.4 Å². The molecule has 0 radical (unpaired) electrons. The van der Waals surface area contributed by atoms with E-state index in [1.165, 1.54) is 7.11 Å². The average Bonchev–Trinajstić information content (AvgIpc) is 3.30. The standard InChI is InChI=1S/C27H49N3O7/c1-10-17(2)24(29(7)22(32)15-27(4,5)6)20(36-8)14-21(31)30-13-11-12-19(30)25(37-9)18(3)26(35)28-16-23(33)34/h17-20,24-25H,10-16H2,1-9H3,(H,28,35)(H,33,34). The number of methoxy groups -OCH3 is 2. The van der Waals surface area contributed by atoms with Crippen LogP contribution in [-0.4, -0.2) is 97.2 Å². The molecular weight excluding hydrogens is 478 g/mol. The first kappa shape index (κ1) is 32.8. The van der Waals surface area contributed by atoms with Crippen molar-refractivity contribution in [2.45, 2.75) is 97.9 Å². The first-order valence-electron chi connectivity index (χ1n) is 13.3. The van der Waals surface area contributed by atoms with Crippen LogP contribution >= 0.6 is 0 Å². The van der Waals surface area contributed by atoms with Gasteiger partial charge < -0.3 is 29.7 Å². The molecule has 2 N–H and O–H groups in total. The molecule has 0 bridgehead atoms. The summed E-state index contributed by atoms with van der Waals surface area (Å²) in [5, 5.41) is 11.3. The third-order valence-electron chi connectivity index (χ3n) is 7.40. The van der Waals surface area contributed by atoms with E-state index in [0.717, 1.165) is 12.8 Å². The summed E-state index contributed by atoms with van der Waals surface area (Å²) in [5.74, 6) is -2.18. The topological polar surface area (TPSA) is 125 Å². The van der Waals surface area contributed by atoms with Crippen molar-refractivity contribution in [3.05, 3.63) is 0 Å². The minimum Gasteiger partial charge on any atom is -0.480 e. The van der Waals surface area contributed by atoms with Gasteiger partial charge in [0.2, 0.25) is 17.7 Å². The smallest absolute Gasteiger partial charge is 0.322 e. The first-order valence-corrected chi connectivity index (χ1v) is 13.3. The number of rotatable bonds is 14. The van der Waals surface area contributed by atoms with Crippen LogP contribution in [-0.2, 0) is 28.7 Å². The van der Waals surface area contributed by atoms with Crippen LogP contribution in [0, 0.1) is 17.3 Å². The molecule has 1 aliphatic heterocycles. The van der Waals surface area contributed by atoms with E-state index < -0.39 is 36.5 Å². The van der Waals surface area contributed by atoms with Crippen molar-refractivity contribution in [2.75, 3.05) is 34.4 Å². The van der Waals surface area contributed by atoms with Crippen molar-refractivity contribution in [2.24, 2.45) is 17.3 Å². The lowest BCUT2D eigenvalue weighted by Gasteiger charge is -2.40. The molecule has 0 aliphatic carbocycles. The molecular formula is C27H49N3O7. The molecule has 0 saturated carbocycles. The Morgan fingerprint density at radius 1 is 1.14 bits per heavy atom. The quantitative estimate of drug-likeness (QED) is 0.356. The van der Waals surface area contributed by atoms with Crippen LogP contribution in [0.25, 0.3) is 0 Å². The third-order valence-corrected chi connectivity index (χ3v) is 7.40. The molecule has 6 atom stereocenters. The van der Waals surface area contributed by atoms with E-state index in [1.54, 1.807) is 30.9 Å². The summed E-state index contributed by atoms with van der Waals surface area (Å²) in [6.45, 7) is 11.9. The summed E-state index contributed by atoms with van der Waals surface area (Å²) in [6, 6.07) is -0.586. The number of carbonyl (C=O) groups is 4. The number of hydrogen-bond donors (Lipinski definition) is 2. The van der Waals surface area contributed by atoms with Crippen molar-refractivity contribution in [1.82, 2.24) is 15.1 Å². The van der Waals surface area contributed by atoms with Gasteiger partial charge in [0.05, 0.1) is 36.6 Å². The molecule has 1 rings (SSSR count). The van der Waals surface area contributed by atoms with E-state index in [1.807, 2.05) is 20.8 Å². The summed E-state index contributed by atoms with van der Waals surface area (Å²) in [7, 11) is 4.86. The highest BCUT2D eigenvalue weighted by Crippen LogP contribution is 2.30. The van der Waals surface area contributed by atoms with Gasteiger partial charge in [-0.15, -0.1) is 0 Å². The monoisotopic (exact) mass is 527 g/mol. The largest absolute Gasteiger partial charge is 0.480 e. The second-order valence-electron chi connectivity index (χ2n) is 11.5. The summed E-state index contributed by atoms with van der Waals surface area (Å²) < 4.78 is 11.5. The molecule has 1 saturated heterocycles. The number of aliphatic carboxylic acids is 1. The second-order valence-corrected chi connectivity index (χ2v) is 11.5. The summed E-state index contributed by atoms with van der Waals surface area (Å²) in [6.07, 6.45) is 1.70. The van der Waals surface area contributed by atoms with Crippen LogP contribution in [0.5, 0.6) is 0 Å². The molecule has 214 valence electrons. The number of amides is 3. The summed E-state index contributed by atoms with van der Waals surface area (Å²) in [5.41, 5.74) is -0.158. The summed E-state index contributed by atoms with van der Waals surface area (Å²) >= 11 is 0. The van der Waals surface area contributed by atoms with Gasteiger partial charge in [0, 0.05) is 34.2 Å². The Kier molecular flexibility index (Phi) is 13.0. The molecule has 10 nitrogen and oxygen atoms in total. The van der Waals surface area contributed by atoms with E-state index in [-0.39, 0.29) is 41.7 Å². The van der Waals surface area contributed by atoms with Crippen LogP contribution in [0.2, 0.25) is 0 Å². The molecule has 0 aromatic heterocycles. The number of hydrogen-bond acceptors (Lipinski definition) is 6. The number of carbonyl (C=O) groups excluding carboxylic acids is 3. The Bertz CT molecular complexity index is 782. The lowest BCUT2D eigenvalue weighted by molar-refractivity contribution is -0.146. The summed E-state index contributed by atoms with van der Waals surface area (Å²) in [4.78, 5) is 53.5. The molecule has 1 aliphatic rings. The number of nitrogens with one attached hydrogen (secondary N) is 1.